The molecule has 3 heteroatoms. The molecular formula is C23H31FN2. The van der Waals surface area contributed by atoms with Crippen LogP contribution in [0.3, 0.4) is 0 Å². The molecule has 0 saturated heterocycles. The molecule has 0 aliphatic heterocycles. The Morgan fingerprint density at radius 2 is 1.58 bits per heavy atom. The van der Waals surface area contributed by atoms with Gasteiger partial charge in [0, 0.05) is 18.8 Å². The van der Waals surface area contributed by atoms with Crippen LogP contribution in [-0.2, 0) is 12.8 Å². The number of rotatable bonds is 6. The monoisotopic (exact) mass is 354 g/mol. The highest BCUT2D eigenvalue weighted by atomic mass is 19.1. The van der Waals surface area contributed by atoms with Crippen molar-refractivity contribution in [2.45, 2.75) is 65.2 Å². The van der Waals surface area contributed by atoms with E-state index in [4.69, 9.17) is 4.98 Å². The Labute approximate surface area is 157 Å². The average Bonchev–Trinajstić information content (AvgIpc) is 2.62. The molecule has 2 aromatic rings. The molecule has 0 bridgehead atoms. The van der Waals surface area contributed by atoms with E-state index in [-0.39, 0.29) is 5.82 Å². The largest absolute Gasteiger partial charge is 0.357 e. The van der Waals surface area contributed by atoms with Crippen molar-refractivity contribution < 1.29 is 4.39 Å². The van der Waals surface area contributed by atoms with E-state index in [0.29, 0.717) is 0 Å². The zero-order valence-electron chi connectivity index (χ0n) is 16.2. The zero-order chi connectivity index (χ0) is 18.4. The van der Waals surface area contributed by atoms with Crippen molar-refractivity contribution in [3.63, 3.8) is 0 Å². The summed E-state index contributed by atoms with van der Waals surface area (Å²) in [6.45, 7) is 6.50. The SMILES string of the molecule is CCCN(CCC)c1cc(-c2ccc(F)cc2)c2c(n1)CCCCCC2. The van der Waals surface area contributed by atoms with Crippen LogP contribution in [0, 0.1) is 5.82 Å². The summed E-state index contributed by atoms with van der Waals surface area (Å²) in [6.07, 6.45) is 9.39. The van der Waals surface area contributed by atoms with Gasteiger partial charge in [-0.25, -0.2) is 9.37 Å². The van der Waals surface area contributed by atoms with Gasteiger partial charge in [0.15, 0.2) is 0 Å². The van der Waals surface area contributed by atoms with E-state index in [1.54, 1.807) is 12.1 Å². The third-order valence-corrected chi connectivity index (χ3v) is 5.25. The Hall–Kier alpha value is -1.90. The van der Waals surface area contributed by atoms with Crippen LogP contribution in [0.4, 0.5) is 10.2 Å². The number of hydrogen-bond donors (Lipinski definition) is 0. The second kappa shape index (κ2) is 9.16. The van der Waals surface area contributed by atoms with Gasteiger partial charge in [-0.3, -0.25) is 0 Å². The summed E-state index contributed by atoms with van der Waals surface area (Å²) >= 11 is 0. The Morgan fingerprint density at radius 3 is 2.23 bits per heavy atom. The van der Waals surface area contributed by atoms with Crippen LogP contribution in [0.2, 0.25) is 0 Å². The van der Waals surface area contributed by atoms with E-state index in [0.717, 1.165) is 50.2 Å². The summed E-state index contributed by atoms with van der Waals surface area (Å²) in [6, 6.07) is 9.22. The summed E-state index contributed by atoms with van der Waals surface area (Å²) in [7, 11) is 0. The van der Waals surface area contributed by atoms with E-state index in [2.05, 4.69) is 24.8 Å². The van der Waals surface area contributed by atoms with Crippen LogP contribution in [0.5, 0.6) is 0 Å². The number of pyridine rings is 1. The number of hydrogen-bond acceptors (Lipinski definition) is 2. The van der Waals surface area contributed by atoms with E-state index in [9.17, 15) is 4.39 Å². The first kappa shape index (κ1) is 18.9. The predicted octanol–water partition coefficient (Wildman–Crippen LogP) is 6.17. The lowest BCUT2D eigenvalue weighted by Crippen LogP contribution is -2.26. The van der Waals surface area contributed by atoms with Crippen LogP contribution in [0.15, 0.2) is 30.3 Å². The van der Waals surface area contributed by atoms with Crippen molar-refractivity contribution in [2.75, 3.05) is 18.0 Å². The summed E-state index contributed by atoms with van der Waals surface area (Å²) in [5.74, 6) is 0.914. The third-order valence-electron chi connectivity index (χ3n) is 5.25. The van der Waals surface area contributed by atoms with Gasteiger partial charge in [-0.1, -0.05) is 38.8 Å². The molecule has 0 amide bonds. The van der Waals surface area contributed by atoms with Crippen molar-refractivity contribution in [3.05, 3.63) is 47.4 Å². The van der Waals surface area contributed by atoms with Gasteiger partial charge in [-0.05, 0) is 73.4 Å². The lowest BCUT2D eigenvalue weighted by Gasteiger charge is -2.26. The minimum atomic E-state index is -0.176. The van der Waals surface area contributed by atoms with Gasteiger partial charge in [0.05, 0.1) is 0 Å². The molecular weight excluding hydrogens is 323 g/mol. The molecule has 140 valence electrons. The van der Waals surface area contributed by atoms with Crippen molar-refractivity contribution >= 4 is 5.82 Å². The number of benzene rings is 1. The molecule has 0 radical (unpaired) electrons. The summed E-state index contributed by atoms with van der Waals surface area (Å²) < 4.78 is 13.4. The first-order valence-electron chi connectivity index (χ1n) is 10.3. The molecule has 2 nitrogen and oxygen atoms in total. The molecule has 0 saturated carbocycles. The Kier molecular flexibility index (Phi) is 6.65. The minimum Gasteiger partial charge on any atom is -0.357 e. The normalized spacial score (nSPS) is 14.4. The molecule has 1 heterocycles. The minimum absolute atomic E-state index is 0.176. The Morgan fingerprint density at radius 1 is 0.923 bits per heavy atom. The smallest absolute Gasteiger partial charge is 0.129 e. The maximum Gasteiger partial charge on any atom is 0.129 e. The second-order valence-electron chi connectivity index (χ2n) is 7.36. The number of fused-ring (bicyclic) bond motifs is 1. The molecule has 0 N–H and O–H groups in total. The molecule has 0 atom stereocenters. The summed E-state index contributed by atoms with van der Waals surface area (Å²) in [5.41, 5.74) is 5.01. The molecule has 1 aromatic heterocycles. The van der Waals surface area contributed by atoms with Crippen molar-refractivity contribution in [1.29, 1.82) is 0 Å². The second-order valence-corrected chi connectivity index (χ2v) is 7.36. The fourth-order valence-electron chi connectivity index (χ4n) is 3.97. The zero-order valence-corrected chi connectivity index (χ0v) is 16.2. The first-order valence-corrected chi connectivity index (χ1v) is 10.3. The first-order chi connectivity index (χ1) is 12.7. The van der Waals surface area contributed by atoms with Gasteiger partial charge in [0.2, 0.25) is 0 Å². The van der Waals surface area contributed by atoms with Crippen molar-refractivity contribution in [1.82, 2.24) is 4.98 Å². The van der Waals surface area contributed by atoms with Gasteiger partial charge in [-0.15, -0.1) is 0 Å². The molecule has 0 spiro atoms. The van der Waals surface area contributed by atoms with E-state index in [1.165, 1.54) is 42.5 Å². The van der Waals surface area contributed by atoms with E-state index < -0.39 is 0 Å². The topological polar surface area (TPSA) is 16.1 Å². The third kappa shape index (κ3) is 4.44. The standard InChI is InChI=1S/C23H31FN2/c1-3-15-26(16-4-2)23-17-21(18-11-13-19(24)14-12-18)20-9-7-5-6-8-10-22(20)25-23/h11-14,17H,3-10,15-16H2,1-2H3. The maximum atomic E-state index is 13.4. The van der Waals surface area contributed by atoms with Crippen LogP contribution in [0.1, 0.15) is 63.6 Å². The van der Waals surface area contributed by atoms with Crippen LogP contribution >= 0.6 is 0 Å². The number of aromatic nitrogens is 1. The highest BCUT2D eigenvalue weighted by molar-refractivity contribution is 5.71. The van der Waals surface area contributed by atoms with Gasteiger partial charge in [0.1, 0.15) is 11.6 Å². The van der Waals surface area contributed by atoms with Gasteiger partial charge in [0.25, 0.3) is 0 Å². The summed E-state index contributed by atoms with van der Waals surface area (Å²) in [4.78, 5) is 7.52. The molecule has 1 aliphatic carbocycles. The van der Waals surface area contributed by atoms with Gasteiger partial charge >= 0.3 is 0 Å². The number of anilines is 1. The molecule has 0 fully saturated rings. The predicted molar refractivity (Wildman–Crippen MR) is 108 cm³/mol. The fourth-order valence-corrected chi connectivity index (χ4v) is 3.97. The number of nitrogens with zero attached hydrogens (tertiary/aromatic N) is 2. The lowest BCUT2D eigenvalue weighted by atomic mass is 9.90. The molecule has 0 unspecified atom stereocenters. The maximum absolute atomic E-state index is 13.4. The Bertz CT molecular complexity index is 703. The molecule has 3 rings (SSSR count). The number of halogens is 1. The van der Waals surface area contributed by atoms with Gasteiger partial charge in [-0.2, -0.15) is 0 Å². The van der Waals surface area contributed by atoms with Crippen LogP contribution in [0.25, 0.3) is 11.1 Å². The van der Waals surface area contributed by atoms with Gasteiger partial charge < -0.3 is 4.90 Å². The van der Waals surface area contributed by atoms with Crippen LogP contribution in [-0.4, -0.2) is 18.1 Å². The van der Waals surface area contributed by atoms with Crippen molar-refractivity contribution in [2.24, 2.45) is 0 Å². The summed E-state index contributed by atoms with van der Waals surface area (Å²) in [5, 5.41) is 0. The van der Waals surface area contributed by atoms with Crippen LogP contribution < -0.4 is 4.90 Å². The highest BCUT2D eigenvalue weighted by Gasteiger charge is 2.18. The molecule has 1 aliphatic rings. The van der Waals surface area contributed by atoms with E-state index in [1.807, 2.05) is 12.1 Å². The van der Waals surface area contributed by atoms with Crippen molar-refractivity contribution in [3.8, 4) is 11.1 Å². The fraction of sp³-hybridized carbons (Fsp3) is 0.522. The Balaban J connectivity index is 2.10. The lowest BCUT2D eigenvalue weighted by molar-refractivity contribution is 0.608. The average molecular weight is 355 g/mol. The molecule has 1 aromatic carbocycles. The number of aryl methyl sites for hydroxylation is 1. The highest BCUT2D eigenvalue weighted by Crippen LogP contribution is 2.33. The molecule has 26 heavy (non-hydrogen) atoms. The van der Waals surface area contributed by atoms with E-state index >= 15 is 0 Å². The quantitative estimate of drug-likeness (QED) is 0.616.